The molecule has 0 saturated carbocycles. The summed E-state index contributed by atoms with van der Waals surface area (Å²) in [6, 6.07) is 10.9. The van der Waals surface area contributed by atoms with Crippen LogP contribution in [0.5, 0.6) is 0 Å². The van der Waals surface area contributed by atoms with Gasteiger partial charge in [-0.25, -0.2) is 8.42 Å². The Balaban J connectivity index is 1.55. The van der Waals surface area contributed by atoms with Crippen molar-refractivity contribution < 1.29 is 17.6 Å². The zero-order chi connectivity index (χ0) is 20.1. The van der Waals surface area contributed by atoms with Crippen LogP contribution in [0.4, 0.5) is 11.4 Å². The van der Waals surface area contributed by atoms with Crippen molar-refractivity contribution >= 4 is 27.3 Å². The molecule has 1 fully saturated rings. The first-order chi connectivity index (χ1) is 13.3. The minimum absolute atomic E-state index is 0.229. The minimum atomic E-state index is -3.79. The van der Waals surface area contributed by atoms with Crippen LogP contribution in [-0.4, -0.2) is 45.1 Å². The van der Waals surface area contributed by atoms with Gasteiger partial charge in [-0.1, -0.05) is 0 Å². The van der Waals surface area contributed by atoms with Crippen LogP contribution in [0, 0.1) is 6.92 Å². The summed E-state index contributed by atoms with van der Waals surface area (Å²) in [4.78, 5) is 15.9. The van der Waals surface area contributed by atoms with Crippen LogP contribution >= 0.6 is 0 Å². The van der Waals surface area contributed by atoms with Crippen LogP contribution in [0.25, 0.3) is 0 Å². The van der Waals surface area contributed by atoms with Crippen molar-refractivity contribution in [3.8, 4) is 0 Å². The summed E-state index contributed by atoms with van der Waals surface area (Å²) in [6.45, 7) is 4.10. The average Bonchev–Trinajstić information content (AvgIpc) is 3.07. The molecule has 1 N–H and O–H groups in total. The maximum atomic E-state index is 12.4. The molecule has 1 aromatic carbocycles. The smallest absolute Gasteiger partial charge is 0.241 e. The lowest BCUT2D eigenvalue weighted by atomic mass is 10.1. The highest BCUT2D eigenvalue weighted by Crippen LogP contribution is 2.22. The van der Waals surface area contributed by atoms with E-state index in [4.69, 9.17) is 4.42 Å². The number of nitrogens with one attached hydrogen (secondary N) is 1. The molecule has 152 valence electrons. The van der Waals surface area contributed by atoms with Gasteiger partial charge >= 0.3 is 0 Å². The van der Waals surface area contributed by atoms with Gasteiger partial charge in [-0.15, -0.1) is 0 Å². The summed E-state index contributed by atoms with van der Waals surface area (Å²) in [5.41, 5.74) is 1.55. The third-order valence-electron chi connectivity index (χ3n) is 4.79. The molecule has 0 unspecified atom stereocenters. The molecule has 8 heteroatoms. The standard InChI is InChI=1S/C20H27N3O4S/c1-16-6-11-19(27-16)14-22(2)20(24)15-28(25,26)21-17-7-9-18(10-8-17)23-12-4-3-5-13-23/h6-11,21H,3-5,12-15H2,1-2H3. The number of amides is 1. The van der Waals surface area contributed by atoms with E-state index in [1.165, 1.54) is 24.2 Å². The third kappa shape index (κ3) is 5.51. The Morgan fingerprint density at radius 1 is 1.11 bits per heavy atom. The van der Waals surface area contributed by atoms with Crippen molar-refractivity contribution in [2.24, 2.45) is 0 Å². The van der Waals surface area contributed by atoms with Gasteiger partial charge in [0, 0.05) is 31.5 Å². The van der Waals surface area contributed by atoms with Gasteiger partial charge in [0.1, 0.15) is 17.3 Å². The van der Waals surface area contributed by atoms with Crippen LogP contribution in [0.15, 0.2) is 40.8 Å². The van der Waals surface area contributed by atoms with E-state index < -0.39 is 21.7 Å². The Bertz CT molecular complexity index is 900. The number of aryl methyl sites for hydroxylation is 1. The number of nitrogens with zero attached hydrogens (tertiary/aromatic N) is 2. The fourth-order valence-corrected chi connectivity index (χ4v) is 4.39. The lowest BCUT2D eigenvalue weighted by Gasteiger charge is -2.28. The largest absolute Gasteiger partial charge is 0.464 e. The molecule has 0 aliphatic carbocycles. The van der Waals surface area contributed by atoms with Crippen molar-refractivity contribution in [1.29, 1.82) is 0 Å². The Hall–Kier alpha value is -2.48. The Kier molecular flexibility index (Phi) is 6.28. The molecule has 1 saturated heterocycles. The van der Waals surface area contributed by atoms with E-state index >= 15 is 0 Å². The highest BCUT2D eigenvalue weighted by Gasteiger charge is 2.21. The lowest BCUT2D eigenvalue weighted by molar-refractivity contribution is -0.127. The molecule has 1 aliphatic heterocycles. The number of piperidine rings is 1. The molecule has 28 heavy (non-hydrogen) atoms. The van der Waals surface area contributed by atoms with Gasteiger partial charge in [0.25, 0.3) is 0 Å². The normalized spacial score (nSPS) is 14.7. The highest BCUT2D eigenvalue weighted by atomic mass is 32.2. The molecule has 2 aromatic rings. The molecule has 7 nitrogen and oxygen atoms in total. The quantitative estimate of drug-likeness (QED) is 0.766. The molecule has 1 aliphatic rings. The second-order valence-electron chi connectivity index (χ2n) is 7.22. The number of hydrogen-bond acceptors (Lipinski definition) is 5. The van der Waals surface area contributed by atoms with Gasteiger partial charge in [0.15, 0.2) is 0 Å². The van der Waals surface area contributed by atoms with E-state index in [1.54, 1.807) is 31.3 Å². The van der Waals surface area contributed by atoms with E-state index in [9.17, 15) is 13.2 Å². The fourth-order valence-electron chi connectivity index (χ4n) is 3.27. The highest BCUT2D eigenvalue weighted by molar-refractivity contribution is 7.93. The van der Waals surface area contributed by atoms with E-state index in [2.05, 4.69) is 9.62 Å². The number of anilines is 2. The molecule has 2 heterocycles. The summed E-state index contributed by atoms with van der Waals surface area (Å²) in [7, 11) is -2.23. The number of carbonyl (C=O) groups excluding carboxylic acids is 1. The van der Waals surface area contributed by atoms with Gasteiger partial charge in [-0.05, 0) is 62.6 Å². The fraction of sp³-hybridized carbons (Fsp3) is 0.450. The number of rotatable bonds is 7. The SMILES string of the molecule is Cc1ccc(CN(C)C(=O)CS(=O)(=O)Nc2ccc(N3CCCCC3)cc2)o1. The zero-order valence-corrected chi connectivity index (χ0v) is 17.2. The molecule has 0 radical (unpaired) electrons. The van der Waals surface area contributed by atoms with Crippen LogP contribution in [-0.2, 0) is 21.4 Å². The summed E-state index contributed by atoms with van der Waals surface area (Å²) >= 11 is 0. The molecule has 0 spiro atoms. The number of furan rings is 1. The molecule has 1 amide bonds. The number of sulfonamides is 1. The van der Waals surface area contributed by atoms with E-state index in [0.717, 1.165) is 24.5 Å². The molecule has 0 bridgehead atoms. The summed E-state index contributed by atoms with van der Waals surface area (Å²) in [6.07, 6.45) is 3.62. The van der Waals surface area contributed by atoms with E-state index in [1.807, 2.05) is 19.1 Å². The van der Waals surface area contributed by atoms with Crippen LogP contribution in [0.3, 0.4) is 0 Å². The predicted octanol–water partition coefficient (Wildman–Crippen LogP) is 2.98. The van der Waals surface area contributed by atoms with Crippen molar-refractivity contribution in [1.82, 2.24) is 4.90 Å². The van der Waals surface area contributed by atoms with E-state index in [-0.39, 0.29) is 6.54 Å². The number of carbonyl (C=O) groups is 1. The van der Waals surface area contributed by atoms with Crippen molar-refractivity contribution in [2.75, 3.05) is 35.5 Å². The van der Waals surface area contributed by atoms with Gasteiger partial charge in [0.05, 0.1) is 6.54 Å². The lowest BCUT2D eigenvalue weighted by Crippen LogP contribution is -2.34. The van der Waals surface area contributed by atoms with Crippen LogP contribution < -0.4 is 9.62 Å². The first kappa shape index (κ1) is 20.3. The van der Waals surface area contributed by atoms with Gasteiger partial charge in [-0.2, -0.15) is 0 Å². The zero-order valence-electron chi connectivity index (χ0n) is 16.3. The molecule has 0 atom stereocenters. The average molecular weight is 406 g/mol. The molecular formula is C20H27N3O4S. The second kappa shape index (κ2) is 8.68. The Labute approximate surface area is 166 Å². The summed E-state index contributed by atoms with van der Waals surface area (Å²) in [5.74, 6) is 0.258. The van der Waals surface area contributed by atoms with Crippen molar-refractivity contribution in [3.63, 3.8) is 0 Å². The first-order valence-electron chi connectivity index (χ1n) is 9.47. The monoisotopic (exact) mass is 405 g/mol. The number of hydrogen-bond donors (Lipinski definition) is 1. The van der Waals surface area contributed by atoms with Gasteiger partial charge < -0.3 is 14.2 Å². The third-order valence-corrected chi connectivity index (χ3v) is 5.96. The van der Waals surface area contributed by atoms with Gasteiger partial charge in [0.2, 0.25) is 15.9 Å². The Morgan fingerprint density at radius 2 is 1.79 bits per heavy atom. The van der Waals surface area contributed by atoms with Crippen molar-refractivity contribution in [3.05, 3.63) is 47.9 Å². The van der Waals surface area contributed by atoms with Crippen LogP contribution in [0.2, 0.25) is 0 Å². The maximum absolute atomic E-state index is 12.4. The number of benzene rings is 1. The van der Waals surface area contributed by atoms with Crippen molar-refractivity contribution in [2.45, 2.75) is 32.7 Å². The van der Waals surface area contributed by atoms with Crippen LogP contribution in [0.1, 0.15) is 30.8 Å². The van der Waals surface area contributed by atoms with Gasteiger partial charge in [-0.3, -0.25) is 9.52 Å². The minimum Gasteiger partial charge on any atom is -0.464 e. The summed E-state index contributed by atoms with van der Waals surface area (Å²) in [5, 5.41) is 0. The van der Waals surface area contributed by atoms with E-state index in [0.29, 0.717) is 11.4 Å². The molecule has 1 aromatic heterocycles. The first-order valence-corrected chi connectivity index (χ1v) is 11.1. The predicted molar refractivity (Wildman–Crippen MR) is 110 cm³/mol. The molecule has 3 rings (SSSR count). The maximum Gasteiger partial charge on any atom is 0.241 e. The second-order valence-corrected chi connectivity index (χ2v) is 8.94. The molecular weight excluding hydrogens is 378 g/mol. The Morgan fingerprint density at radius 3 is 2.39 bits per heavy atom. The summed E-state index contributed by atoms with van der Waals surface area (Å²) < 4.78 is 32.6. The topological polar surface area (TPSA) is 82.9 Å².